The van der Waals surface area contributed by atoms with E-state index < -0.39 is 16.1 Å². The van der Waals surface area contributed by atoms with Crippen LogP contribution in [0.2, 0.25) is 5.02 Å². The lowest BCUT2D eigenvalue weighted by Crippen LogP contribution is -2.50. The molecule has 1 heterocycles. The van der Waals surface area contributed by atoms with Crippen LogP contribution in [0.5, 0.6) is 5.75 Å². The molecule has 3 rings (SSSR count). The van der Waals surface area contributed by atoms with Gasteiger partial charge in [0.15, 0.2) is 6.10 Å². The highest BCUT2D eigenvalue weighted by Gasteiger charge is 2.37. The minimum Gasteiger partial charge on any atom is -0.476 e. The number of para-hydroxylation sites is 2. The van der Waals surface area contributed by atoms with E-state index in [1.165, 1.54) is 28.6 Å². The summed E-state index contributed by atoms with van der Waals surface area (Å²) in [4.78, 5) is 12.4. The van der Waals surface area contributed by atoms with Crippen molar-refractivity contribution in [1.29, 1.82) is 0 Å². The van der Waals surface area contributed by atoms with E-state index in [4.69, 9.17) is 16.3 Å². The molecule has 0 bridgehead atoms. The third kappa shape index (κ3) is 3.64. The Hall–Kier alpha value is -2.25. The third-order valence-electron chi connectivity index (χ3n) is 3.98. The first-order chi connectivity index (χ1) is 12.4. The molecule has 26 heavy (non-hydrogen) atoms. The van der Waals surface area contributed by atoms with Gasteiger partial charge in [-0.05, 0) is 42.8 Å². The Balaban J connectivity index is 1.98. The van der Waals surface area contributed by atoms with Crippen LogP contribution in [-0.4, -0.2) is 33.5 Å². The predicted molar refractivity (Wildman–Crippen MR) is 100 cm³/mol. The van der Waals surface area contributed by atoms with Crippen molar-refractivity contribution >= 4 is 33.2 Å². The summed E-state index contributed by atoms with van der Waals surface area (Å²) in [6.07, 6.45) is -0.138. The number of nitrogens with one attached hydrogen (secondary N) is 1. The maximum atomic E-state index is 13.1. The summed E-state index contributed by atoms with van der Waals surface area (Å²) >= 11 is 5.86. The molecule has 0 spiro atoms. The second-order valence-corrected chi connectivity index (χ2v) is 8.15. The fraction of sp³-hybridized carbons (Fsp3) is 0.278. The fourth-order valence-corrected chi connectivity index (χ4v) is 4.26. The molecule has 1 atom stereocenters. The van der Waals surface area contributed by atoms with Gasteiger partial charge in [-0.15, -0.1) is 0 Å². The summed E-state index contributed by atoms with van der Waals surface area (Å²) in [6, 6.07) is 12.7. The van der Waals surface area contributed by atoms with Crippen molar-refractivity contribution in [2.45, 2.75) is 24.3 Å². The van der Waals surface area contributed by atoms with Gasteiger partial charge in [0.1, 0.15) is 5.75 Å². The van der Waals surface area contributed by atoms with E-state index in [-0.39, 0.29) is 17.3 Å². The molecule has 1 aliphatic rings. The van der Waals surface area contributed by atoms with Gasteiger partial charge in [0.2, 0.25) is 0 Å². The van der Waals surface area contributed by atoms with Crippen molar-refractivity contribution in [2.24, 2.45) is 0 Å². The molecular weight excluding hydrogens is 376 g/mol. The molecule has 0 saturated carbocycles. The number of carbonyl (C=O) groups is 1. The van der Waals surface area contributed by atoms with Crippen LogP contribution in [0.1, 0.15) is 13.3 Å². The minimum absolute atomic E-state index is 0.0997. The molecular formula is C18H19ClN2O4S. The van der Waals surface area contributed by atoms with E-state index in [0.717, 1.165) is 6.42 Å². The number of benzene rings is 2. The zero-order valence-electron chi connectivity index (χ0n) is 14.2. The molecule has 6 nitrogen and oxygen atoms in total. The summed E-state index contributed by atoms with van der Waals surface area (Å²) in [5.74, 6) is 0.0191. The van der Waals surface area contributed by atoms with E-state index in [1.807, 2.05) is 6.92 Å². The molecule has 0 aromatic heterocycles. The standard InChI is InChI=1S/C18H19ClN2O4S/c1-2-11-20-18(22)17-12-21(15-5-3-4-6-16(15)25-17)26(23,24)14-9-7-13(19)8-10-14/h3-10,17H,2,11-12H2,1H3,(H,20,22)/t17-/m1/s1. The van der Waals surface area contributed by atoms with E-state index in [2.05, 4.69) is 5.32 Å². The number of anilines is 1. The van der Waals surface area contributed by atoms with Gasteiger partial charge in [-0.3, -0.25) is 9.10 Å². The largest absolute Gasteiger partial charge is 0.476 e. The Morgan fingerprint density at radius 2 is 1.92 bits per heavy atom. The normalized spacial score (nSPS) is 16.5. The zero-order chi connectivity index (χ0) is 18.7. The van der Waals surface area contributed by atoms with Crippen molar-refractivity contribution in [2.75, 3.05) is 17.4 Å². The molecule has 1 N–H and O–H groups in total. The van der Waals surface area contributed by atoms with Gasteiger partial charge >= 0.3 is 0 Å². The number of halogens is 1. The molecule has 0 fully saturated rings. The quantitative estimate of drug-likeness (QED) is 0.846. The van der Waals surface area contributed by atoms with Gasteiger partial charge in [0.05, 0.1) is 17.1 Å². The Labute approximate surface area is 157 Å². The van der Waals surface area contributed by atoms with Gasteiger partial charge in [-0.25, -0.2) is 8.42 Å². The molecule has 1 amide bonds. The van der Waals surface area contributed by atoms with Crippen LogP contribution in [0.4, 0.5) is 5.69 Å². The molecule has 138 valence electrons. The van der Waals surface area contributed by atoms with Crippen LogP contribution >= 0.6 is 11.6 Å². The average molecular weight is 395 g/mol. The third-order valence-corrected chi connectivity index (χ3v) is 6.02. The number of carbonyl (C=O) groups excluding carboxylic acids is 1. The number of hydrogen-bond donors (Lipinski definition) is 1. The van der Waals surface area contributed by atoms with E-state index >= 15 is 0 Å². The van der Waals surface area contributed by atoms with Crippen LogP contribution < -0.4 is 14.4 Å². The maximum absolute atomic E-state index is 13.1. The molecule has 8 heteroatoms. The number of nitrogens with zero attached hydrogens (tertiary/aromatic N) is 1. The van der Waals surface area contributed by atoms with Crippen molar-refractivity contribution in [1.82, 2.24) is 5.32 Å². The number of ether oxygens (including phenoxy) is 1. The second-order valence-electron chi connectivity index (χ2n) is 5.86. The SMILES string of the molecule is CCCNC(=O)[C@H]1CN(S(=O)(=O)c2ccc(Cl)cc2)c2ccccc2O1. The topological polar surface area (TPSA) is 75.7 Å². The average Bonchev–Trinajstić information content (AvgIpc) is 2.65. The van der Waals surface area contributed by atoms with Gasteiger partial charge in [-0.2, -0.15) is 0 Å². The zero-order valence-corrected chi connectivity index (χ0v) is 15.8. The molecule has 0 saturated heterocycles. The molecule has 0 aliphatic carbocycles. The molecule has 0 radical (unpaired) electrons. The van der Waals surface area contributed by atoms with Gasteiger partial charge < -0.3 is 10.1 Å². The molecule has 2 aromatic carbocycles. The highest BCUT2D eigenvalue weighted by Crippen LogP contribution is 2.36. The lowest BCUT2D eigenvalue weighted by molar-refractivity contribution is -0.127. The first kappa shape index (κ1) is 18.5. The fourth-order valence-electron chi connectivity index (χ4n) is 2.66. The summed E-state index contributed by atoms with van der Waals surface area (Å²) in [7, 11) is -3.86. The summed E-state index contributed by atoms with van der Waals surface area (Å²) in [5, 5.41) is 3.20. The Morgan fingerprint density at radius 1 is 1.23 bits per heavy atom. The monoisotopic (exact) mass is 394 g/mol. The summed E-state index contributed by atoms with van der Waals surface area (Å²) in [6.45, 7) is 2.34. The van der Waals surface area contributed by atoms with Crippen molar-refractivity contribution in [3.8, 4) is 5.75 Å². The van der Waals surface area contributed by atoms with Crippen molar-refractivity contribution < 1.29 is 17.9 Å². The molecule has 0 unspecified atom stereocenters. The van der Waals surface area contributed by atoms with E-state index in [9.17, 15) is 13.2 Å². The number of rotatable bonds is 5. The highest BCUT2D eigenvalue weighted by atomic mass is 35.5. The number of amides is 1. The Kier molecular flexibility index (Phi) is 5.38. The van der Waals surface area contributed by atoms with Crippen LogP contribution in [0.25, 0.3) is 0 Å². The number of hydrogen-bond acceptors (Lipinski definition) is 4. The van der Waals surface area contributed by atoms with Gasteiger partial charge in [-0.1, -0.05) is 30.7 Å². The maximum Gasteiger partial charge on any atom is 0.264 e. The lowest BCUT2D eigenvalue weighted by Gasteiger charge is -2.34. The highest BCUT2D eigenvalue weighted by molar-refractivity contribution is 7.92. The minimum atomic E-state index is -3.86. The predicted octanol–water partition coefficient (Wildman–Crippen LogP) is 2.82. The van der Waals surface area contributed by atoms with Crippen molar-refractivity contribution in [3.05, 3.63) is 53.6 Å². The van der Waals surface area contributed by atoms with Crippen LogP contribution in [0.15, 0.2) is 53.4 Å². The molecule has 1 aliphatic heterocycles. The number of fused-ring (bicyclic) bond motifs is 1. The lowest BCUT2D eigenvalue weighted by atomic mass is 10.2. The Morgan fingerprint density at radius 3 is 2.62 bits per heavy atom. The summed E-state index contributed by atoms with van der Waals surface area (Å²) in [5.41, 5.74) is 0.405. The van der Waals surface area contributed by atoms with Crippen LogP contribution in [0.3, 0.4) is 0 Å². The van der Waals surface area contributed by atoms with Gasteiger partial charge in [0, 0.05) is 11.6 Å². The second kappa shape index (κ2) is 7.55. The number of sulfonamides is 1. The van der Waals surface area contributed by atoms with E-state index in [0.29, 0.717) is 23.0 Å². The first-order valence-electron chi connectivity index (χ1n) is 8.25. The van der Waals surface area contributed by atoms with Crippen LogP contribution in [0, 0.1) is 0 Å². The van der Waals surface area contributed by atoms with Crippen molar-refractivity contribution in [3.63, 3.8) is 0 Å². The molecule has 2 aromatic rings. The smallest absolute Gasteiger partial charge is 0.264 e. The Bertz CT molecular complexity index is 900. The summed E-state index contributed by atoms with van der Waals surface area (Å²) < 4.78 is 33.2. The van der Waals surface area contributed by atoms with Gasteiger partial charge in [0.25, 0.3) is 15.9 Å². The van der Waals surface area contributed by atoms with Crippen LogP contribution in [-0.2, 0) is 14.8 Å². The van der Waals surface area contributed by atoms with E-state index in [1.54, 1.807) is 24.3 Å². The first-order valence-corrected chi connectivity index (χ1v) is 10.1.